The molecule has 0 aromatic rings. The van der Waals surface area contributed by atoms with Crippen molar-refractivity contribution >= 4 is 5.78 Å². The summed E-state index contributed by atoms with van der Waals surface area (Å²) in [4.78, 5) is 12.5. The maximum Gasteiger partial charge on any atom is 0.143 e. The van der Waals surface area contributed by atoms with E-state index >= 15 is 0 Å². The number of ketones is 1. The first-order chi connectivity index (χ1) is 7.65. The molecular formula is C14H25NO. The molecule has 1 saturated heterocycles. The van der Waals surface area contributed by atoms with Crippen LogP contribution in [0, 0.1) is 17.3 Å². The second-order valence-corrected chi connectivity index (χ2v) is 5.98. The molecule has 0 bridgehead atoms. The van der Waals surface area contributed by atoms with Crippen LogP contribution in [0.5, 0.6) is 0 Å². The number of hydrogen-bond acceptors (Lipinski definition) is 2. The molecule has 0 spiro atoms. The lowest BCUT2D eigenvalue weighted by molar-refractivity contribution is -0.132. The highest BCUT2D eigenvalue weighted by Gasteiger charge is 2.40. The van der Waals surface area contributed by atoms with Crippen molar-refractivity contribution in [2.24, 2.45) is 17.3 Å². The molecule has 2 heteroatoms. The Morgan fingerprint density at radius 2 is 2.00 bits per heavy atom. The van der Waals surface area contributed by atoms with E-state index in [9.17, 15) is 4.79 Å². The van der Waals surface area contributed by atoms with Gasteiger partial charge >= 0.3 is 0 Å². The van der Waals surface area contributed by atoms with Crippen molar-refractivity contribution in [3.8, 4) is 0 Å². The second-order valence-electron chi connectivity index (χ2n) is 5.98. The van der Waals surface area contributed by atoms with Crippen molar-refractivity contribution < 1.29 is 4.79 Å². The van der Waals surface area contributed by atoms with Gasteiger partial charge in [-0.15, -0.1) is 0 Å². The Hall–Kier alpha value is -0.370. The molecule has 1 atom stereocenters. The normalized spacial score (nSPS) is 39.9. The molecule has 1 saturated carbocycles. The molecule has 16 heavy (non-hydrogen) atoms. The first kappa shape index (κ1) is 12.1. The van der Waals surface area contributed by atoms with Crippen LogP contribution in [0.2, 0.25) is 0 Å². The van der Waals surface area contributed by atoms with Gasteiger partial charge in [-0.25, -0.2) is 0 Å². The molecule has 0 amide bonds. The summed E-state index contributed by atoms with van der Waals surface area (Å²) in [7, 11) is 0. The molecule has 2 rings (SSSR count). The van der Waals surface area contributed by atoms with Crippen LogP contribution < -0.4 is 5.32 Å². The minimum absolute atomic E-state index is 0.0519. The maximum absolute atomic E-state index is 12.5. The highest BCUT2D eigenvalue weighted by Crippen LogP contribution is 2.37. The third kappa shape index (κ3) is 2.32. The van der Waals surface area contributed by atoms with Gasteiger partial charge in [0.25, 0.3) is 0 Å². The fourth-order valence-corrected chi connectivity index (χ4v) is 3.35. The van der Waals surface area contributed by atoms with E-state index in [1.54, 1.807) is 0 Å². The highest BCUT2D eigenvalue weighted by molar-refractivity contribution is 5.87. The summed E-state index contributed by atoms with van der Waals surface area (Å²) >= 11 is 0. The molecule has 1 aliphatic heterocycles. The third-order valence-electron chi connectivity index (χ3n) is 4.76. The average molecular weight is 223 g/mol. The van der Waals surface area contributed by atoms with Gasteiger partial charge in [0.15, 0.2) is 0 Å². The van der Waals surface area contributed by atoms with Crippen LogP contribution in [0.15, 0.2) is 0 Å². The minimum Gasteiger partial charge on any atom is -0.316 e. The molecule has 1 heterocycles. The van der Waals surface area contributed by atoms with E-state index in [2.05, 4.69) is 19.2 Å². The summed E-state index contributed by atoms with van der Waals surface area (Å²) in [6, 6.07) is 0. The van der Waals surface area contributed by atoms with E-state index in [1.807, 2.05) is 0 Å². The fourth-order valence-electron chi connectivity index (χ4n) is 3.35. The number of rotatable bonds is 3. The Bertz CT molecular complexity index is 247. The molecule has 2 nitrogen and oxygen atoms in total. The van der Waals surface area contributed by atoms with Gasteiger partial charge in [-0.1, -0.05) is 20.3 Å². The Labute approximate surface area is 99.2 Å². The number of hydrogen-bond donors (Lipinski definition) is 1. The van der Waals surface area contributed by atoms with Crippen LogP contribution in [-0.4, -0.2) is 18.9 Å². The van der Waals surface area contributed by atoms with Gasteiger partial charge in [-0.05, 0) is 44.6 Å². The zero-order valence-electron chi connectivity index (χ0n) is 10.7. The van der Waals surface area contributed by atoms with E-state index < -0.39 is 0 Å². The van der Waals surface area contributed by atoms with E-state index in [0.29, 0.717) is 11.7 Å². The molecule has 0 aromatic heterocycles. The summed E-state index contributed by atoms with van der Waals surface area (Å²) in [5, 5.41) is 3.33. The molecule has 2 fully saturated rings. The molecule has 0 radical (unpaired) electrons. The van der Waals surface area contributed by atoms with E-state index in [-0.39, 0.29) is 5.41 Å². The first-order valence-electron chi connectivity index (χ1n) is 6.91. The van der Waals surface area contributed by atoms with Gasteiger partial charge in [0.1, 0.15) is 5.78 Å². The van der Waals surface area contributed by atoms with Gasteiger partial charge in [0.2, 0.25) is 0 Å². The topological polar surface area (TPSA) is 29.1 Å². The van der Waals surface area contributed by atoms with Crippen LogP contribution in [0.25, 0.3) is 0 Å². The number of carbonyl (C=O) groups excluding carboxylic acids is 1. The van der Waals surface area contributed by atoms with E-state index in [0.717, 1.165) is 38.3 Å². The smallest absolute Gasteiger partial charge is 0.143 e. The summed E-state index contributed by atoms with van der Waals surface area (Å²) in [5.74, 6) is 1.80. The fraction of sp³-hybridized carbons (Fsp3) is 0.929. The monoisotopic (exact) mass is 223 g/mol. The van der Waals surface area contributed by atoms with Crippen molar-refractivity contribution in [1.82, 2.24) is 5.32 Å². The molecule has 0 aromatic carbocycles. The lowest BCUT2D eigenvalue weighted by Gasteiger charge is -2.32. The lowest BCUT2D eigenvalue weighted by atomic mass is 9.71. The van der Waals surface area contributed by atoms with Crippen molar-refractivity contribution in [1.29, 1.82) is 0 Å². The molecule has 1 N–H and O–H groups in total. The summed E-state index contributed by atoms with van der Waals surface area (Å²) in [5.41, 5.74) is -0.0519. The van der Waals surface area contributed by atoms with E-state index in [1.165, 1.54) is 19.3 Å². The van der Waals surface area contributed by atoms with Gasteiger partial charge in [0, 0.05) is 17.9 Å². The van der Waals surface area contributed by atoms with Crippen LogP contribution >= 0.6 is 0 Å². The highest BCUT2D eigenvalue weighted by atomic mass is 16.1. The van der Waals surface area contributed by atoms with E-state index in [4.69, 9.17) is 0 Å². The Morgan fingerprint density at radius 3 is 2.50 bits per heavy atom. The zero-order chi connectivity index (χ0) is 11.6. The molecule has 1 unspecified atom stereocenters. The number of Topliss-reactive ketones (excluding diaryl/α,β-unsaturated/α-hetero) is 1. The van der Waals surface area contributed by atoms with Crippen molar-refractivity contribution in [3.63, 3.8) is 0 Å². The third-order valence-corrected chi connectivity index (χ3v) is 4.76. The largest absolute Gasteiger partial charge is 0.316 e. The van der Waals surface area contributed by atoms with Crippen LogP contribution in [0.3, 0.4) is 0 Å². The predicted molar refractivity (Wildman–Crippen MR) is 66.3 cm³/mol. The van der Waals surface area contributed by atoms with Gasteiger partial charge in [-0.3, -0.25) is 4.79 Å². The molecule has 1 aliphatic carbocycles. The molecule has 92 valence electrons. The van der Waals surface area contributed by atoms with Gasteiger partial charge in [-0.2, -0.15) is 0 Å². The van der Waals surface area contributed by atoms with Crippen molar-refractivity contribution in [3.05, 3.63) is 0 Å². The molecular weight excluding hydrogens is 198 g/mol. The number of carbonyl (C=O) groups is 1. The Morgan fingerprint density at radius 1 is 1.31 bits per heavy atom. The second kappa shape index (κ2) is 4.87. The summed E-state index contributed by atoms with van der Waals surface area (Å²) in [6.45, 7) is 6.35. The minimum atomic E-state index is -0.0519. The average Bonchev–Trinajstić information content (AvgIpc) is 2.77. The molecule has 2 aliphatic rings. The first-order valence-corrected chi connectivity index (χ1v) is 6.91. The quantitative estimate of drug-likeness (QED) is 0.797. The Balaban J connectivity index is 1.91. The SMILES string of the molecule is CCC1CCC(C(=O)C2(C)CCNC2)CC1. The zero-order valence-corrected chi connectivity index (χ0v) is 10.7. The van der Waals surface area contributed by atoms with Crippen LogP contribution in [0.4, 0.5) is 0 Å². The van der Waals surface area contributed by atoms with Crippen molar-refractivity contribution in [2.45, 2.75) is 52.4 Å². The predicted octanol–water partition coefficient (Wildman–Crippen LogP) is 2.77. The van der Waals surface area contributed by atoms with Crippen LogP contribution in [-0.2, 0) is 4.79 Å². The summed E-state index contributed by atoms with van der Waals surface area (Å²) < 4.78 is 0. The number of nitrogens with one attached hydrogen (secondary N) is 1. The standard InChI is InChI=1S/C14H25NO/c1-3-11-4-6-12(7-5-11)13(16)14(2)8-9-15-10-14/h11-12,15H,3-10H2,1-2H3. The van der Waals surface area contributed by atoms with Crippen molar-refractivity contribution in [2.75, 3.05) is 13.1 Å². The maximum atomic E-state index is 12.5. The van der Waals surface area contributed by atoms with Crippen LogP contribution in [0.1, 0.15) is 52.4 Å². The summed E-state index contributed by atoms with van der Waals surface area (Å²) in [6.07, 6.45) is 7.17. The van der Waals surface area contributed by atoms with Gasteiger partial charge in [0.05, 0.1) is 0 Å². The Kier molecular flexibility index (Phi) is 3.68. The van der Waals surface area contributed by atoms with Gasteiger partial charge < -0.3 is 5.32 Å². The lowest BCUT2D eigenvalue weighted by Crippen LogP contribution is -2.37.